The number of nitrogens with one attached hydrogen (secondary N) is 1. The maximum Gasteiger partial charge on any atom is 0.220 e. The molecule has 2 aromatic rings. The highest BCUT2D eigenvalue weighted by Gasteiger charge is 2.28. The van der Waals surface area contributed by atoms with Gasteiger partial charge in [0, 0.05) is 28.8 Å². The maximum absolute atomic E-state index is 14.2. The van der Waals surface area contributed by atoms with Crippen molar-refractivity contribution in [3.8, 4) is 16.2 Å². The lowest BCUT2D eigenvalue weighted by Gasteiger charge is -2.14. The van der Waals surface area contributed by atoms with Crippen LogP contribution in [0.25, 0.3) is 10.4 Å². The molecule has 6 heteroatoms. The van der Waals surface area contributed by atoms with E-state index < -0.39 is 0 Å². The van der Waals surface area contributed by atoms with E-state index in [2.05, 4.69) is 5.32 Å². The zero-order chi connectivity index (χ0) is 19.7. The first-order valence-electron chi connectivity index (χ1n) is 9.86. The number of amides is 1. The quantitative estimate of drug-likeness (QED) is 0.710. The van der Waals surface area contributed by atoms with Crippen molar-refractivity contribution >= 4 is 23.0 Å². The summed E-state index contributed by atoms with van der Waals surface area (Å²) in [6.45, 7) is 1.94. The van der Waals surface area contributed by atoms with Gasteiger partial charge < -0.3 is 10.1 Å². The zero-order valence-electron chi connectivity index (χ0n) is 15.9. The average Bonchev–Trinajstić information content (AvgIpc) is 3.39. The number of ether oxygens (including phenoxy) is 1. The molecule has 148 valence electrons. The third kappa shape index (κ3) is 4.12. The smallest absolute Gasteiger partial charge is 0.220 e. The number of benzene rings is 1. The minimum absolute atomic E-state index is 0.00642. The minimum atomic E-state index is -0.318. The van der Waals surface area contributed by atoms with Crippen LogP contribution in [0.5, 0.6) is 5.75 Å². The van der Waals surface area contributed by atoms with E-state index in [0.29, 0.717) is 41.5 Å². The van der Waals surface area contributed by atoms with Crippen molar-refractivity contribution in [2.24, 2.45) is 5.92 Å². The van der Waals surface area contributed by atoms with Crippen LogP contribution < -0.4 is 10.1 Å². The number of carbonyl (C=O) groups excluding carboxylic acids is 2. The van der Waals surface area contributed by atoms with Crippen LogP contribution in [0.1, 0.15) is 54.3 Å². The molecule has 1 aromatic heterocycles. The fourth-order valence-electron chi connectivity index (χ4n) is 4.14. The van der Waals surface area contributed by atoms with E-state index in [1.165, 1.54) is 43.2 Å². The fourth-order valence-corrected chi connectivity index (χ4v) is 5.05. The summed E-state index contributed by atoms with van der Waals surface area (Å²) in [4.78, 5) is 25.2. The number of thiophene rings is 1. The second kappa shape index (κ2) is 8.03. The second-order valence-corrected chi connectivity index (χ2v) is 8.85. The lowest BCUT2D eigenvalue weighted by molar-refractivity contribution is -0.122. The van der Waals surface area contributed by atoms with Crippen molar-refractivity contribution < 1.29 is 18.7 Å². The fraction of sp³-hybridized carbons (Fsp3) is 0.455. The summed E-state index contributed by atoms with van der Waals surface area (Å²) in [5.74, 6) is 0.918. The largest absolute Gasteiger partial charge is 0.487 e. The minimum Gasteiger partial charge on any atom is -0.487 e. The zero-order valence-corrected chi connectivity index (χ0v) is 16.7. The summed E-state index contributed by atoms with van der Waals surface area (Å²) in [5, 5.41) is 2.98. The molecular weight excluding hydrogens is 377 g/mol. The Kier molecular flexibility index (Phi) is 5.49. The van der Waals surface area contributed by atoms with Crippen molar-refractivity contribution in [1.82, 2.24) is 5.32 Å². The van der Waals surface area contributed by atoms with Crippen molar-refractivity contribution in [1.29, 1.82) is 0 Å². The molecule has 4 rings (SSSR count). The molecule has 1 aromatic carbocycles. The number of ketones is 1. The standard InChI is InChI=1S/C22H24FNO3S/c1-13(25)19-6-7-20(28-19)18-11-16(23)9-15-10-17(27-22(15)18)12-24-21(26)8-14-4-2-3-5-14/h6-7,9,11,14,17H,2-5,8,10,12H2,1H3,(H,24,26)/t17-/m0/s1. The van der Waals surface area contributed by atoms with Crippen molar-refractivity contribution in [3.63, 3.8) is 0 Å². The van der Waals surface area contributed by atoms with E-state index in [4.69, 9.17) is 4.74 Å². The van der Waals surface area contributed by atoms with E-state index in [1.807, 2.05) is 6.07 Å². The summed E-state index contributed by atoms with van der Waals surface area (Å²) < 4.78 is 20.2. The normalized spacial score (nSPS) is 18.7. The van der Waals surface area contributed by atoms with Gasteiger partial charge in [-0.3, -0.25) is 9.59 Å². The van der Waals surface area contributed by atoms with Gasteiger partial charge in [-0.25, -0.2) is 4.39 Å². The molecule has 28 heavy (non-hydrogen) atoms. The Morgan fingerprint density at radius 3 is 2.75 bits per heavy atom. The molecule has 2 aliphatic rings. The monoisotopic (exact) mass is 401 g/mol. The Labute approximate surface area is 168 Å². The average molecular weight is 402 g/mol. The highest BCUT2D eigenvalue weighted by atomic mass is 32.1. The SMILES string of the molecule is CC(=O)c1ccc(-c2cc(F)cc3c2O[C@H](CNC(=O)CC2CCCC2)C3)s1. The third-order valence-corrected chi connectivity index (χ3v) is 6.78. The Hall–Kier alpha value is -2.21. The van der Waals surface area contributed by atoms with E-state index in [-0.39, 0.29) is 23.6 Å². The Balaban J connectivity index is 1.43. The molecule has 0 bridgehead atoms. The van der Waals surface area contributed by atoms with Gasteiger partial charge in [-0.1, -0.05) is 12.8 Å². The predicted octanol–water partition coefficient (Wildman–Crippen LogP) is 4.76. The number of halogens is 1. The van der Waals surface area contributed by atoms with Gasteiger partial charge in [0.1, 0.15) is 17.7 Å². The molecule has 0 radical (unpaired) electrons. The van der Waals surface area contributed by atoms with Gasteiger partial charge in [-0.15, -0.1) is 11.3 Å². The summed E-state index contributed by atoms with van der Waals surface area (Å²) >= 11 is 1.34. The van der Waals surface area contributed by atoms with Crippen LogP contribution in [-0.4, -0.2) is 24.3 Å². The summed E-state index contributed by atoms with van der Waals surface area (Å²) in [6.07, 6.45) is 5.69. The van der Waals surface area contributed by atoms with Crippen LogP contribution >= 0.6 is 11.3 Å². The number of Topliss-reactive ketones (excluding diaryl/α,β-unsaturated/α-hetero) is 1. The molecule has 1 aliphatic heterocycles. The van der Waals surface area contributed by atoms with E-state index in [1.54, 1.807) is 6.07 Å². The molecule has 1 fully saturated rings. The van der Waals surface area contributed by atoms with Gasteiger partial charge in [0.15, 0.2) is 5.78 Å². The summed E-state index contributed by atoms with van der Waals surface area (Å²) in [6, 6.07) is 6.54. The van der Waals surface area contributed by atoms with Crippen molar-refractivity contribution in [2.45, 2.75) is 51.6 Å². The lowest BCUT2D eigenvalue weighted by atomic mass is 10.0. The van der Waals surface area contributed by atoms with Gasteiger partial charge in [0.25, 0.3) is 0 Å². The molecule has 1 atom stereocenters. The lowest BCUT2D eigenvalue weighted by Crippen LogP contribution is -2.35. The summed E-state index contributed by atoms with van der Waals surface area (Å²) in [5.41, 5.74) is 1.48. The van der Waals surface area contributed by atoms with Gasteiger partial charge in [0.2, 0.25) is 5.91 Å². The first kappa shape index (κ1) is 19.1. The number of hydrogen-bond donors (Lipinski definition) is 1. The molecule has 1 saturated carbocycles. The molecule has 0 saturated heterocycles. The van der Waals surface area contributed by atoms with Gasteiger partial charge in [-0.05, 0) is 49.9 Å². The molecule has 4 nitrogen and oxygen atoms in total. The van der Waals surface area contributed by atoms with E-state index >= 15 is 0 Å². The van der Waals surface area contributed by atoms with E-state index in [0.717, 1.165) is 23.3 Å². The number of fused-ring (bicyclic) bond motifs is 1. The van der Waals surface area contributed by atoms with E-state index in [9.17, 15) is 14.0 Å². The molecule has 1 N–H and O–H groups in total. The molecule has 1 amide bonds. The van der Waals surface area contributed by atoms with Gasteiger partial charge >= 0.3 is 0 Å². The van der Waals surface area contributed by atoms with Crippen molar-refractivity contribution in [2.75, 3.05) is 6.54 Å². The van der Waals surface area contributed by atoms with Crippen LogP contribution in [-0.2, 0) is 11.2 Å². The van der Waals surface area contributed by atoms with Crippen LogP contribution in [0, 0.1) is 11.7 Å². The highest BCUT2D eigenvalue weighted by molar-refractivity contribution is 7.17. The second-order valence-electron chi connectivity index (χ2n) is 7.76. The number of carbonyl (C=O) groups is 2. The maximum atomic E-state index is 14.2. The topological polar surface area (TPSA) is 55.4 Å². The first-order valence-corrected chi connectivity index (χ1v) is 10.7. The Morgan fingerprint density at radius 2 is 2.04 bits per heavy atom. The van der Waals surface area contributed by atoms with Crippen molar-refractivity contribution in [3.05, 3.63) is 40.5 Å². The Morgan fingerprint density at radius 1 is 1.25 bits per heavy atom. The van der Waals surface area contributed by atoms with Crippen LogP contribution in [0.3, 0.4) is 0 Å². The highest BCUT2D eigenvalue weighted by Crippen LogP contribution is 2.42. The van der Waals surface area contributed by atoms with Gasteiger partial charge in [-0.2, -0.15) is 0 Å². The van der Waals surface area contributed by atoms with Crippen LogP contribution in [0.2, 0.25) is 0 Å². The van der Waals surface area contributed by atoms with Crippen LogP contribution in [0.4, 0.5) is 4.39 Å². The Bertz CT molecular complexity index is 901. The molecular formula is C22H24FNO3S. The molecule has 2 heterocycles. The predicted molar refractivity (Wildman–Crippen MR) is 107 cm³/mol. The molecule has 0 spiro atoms. The molecule has 1 aliphatic carbocycles. The summed E-state index contributed by atoms with van der Waals surface area (Å²) in [7, 11) is 0. The molecule has 0 unspecified atom stereocenters. The van der Waals surface area contributed by atoms with Crippen LogP contribution in [0.15, 0.2) is 24.3 Å². The first-order chi connectivity index (χ1) is 13.5. The third-order valence-electron chi connectivity index (χ3n) is 5.56. The number of hydrogen-bond acceptors (Lipinski definition) is 4. The van der Waals surface area contributed by atoms with Gasteiger partial charge in [0.05, 0.1) is 11.4 Å². The number of rotatable bonds is 6.